The fourth-order valence-electron chi connectivity index (χ4n) is 5.27. The van der Waals surface area contributed by atoms with Gasteiger partial charge >= 0.3 is 5.97 Å². The van der Waals surface area contributed by atoms with Crippen LogP contribution in [0.2, 0.25) is 0 Å². The van der Waals surface area contributed by atoms with Gasteiger partial charge in [-0.15, -0.1) is 0 Å². The number of hydrogen-bond donors (Lipinski definition) is 1. The minimum absolute atomic E-state index is 0.0917. The quantitative estimate of drug-likeness (QED) is 0.868. The Morgan fingerprint density at radius 2 is 1.67 bits per heavy atom. The summed E-state index contributed by atoms with van der Waals surface area (Å²) in [6.45, 7) is 3.99. The van der Waals surface area contributed by atoms with Crippen LogP contribution in [0.1, 0.15) is 24.8 Å². The topological polar surface area (TPSA) is 60.9 Å². The fraction of sp³-hybridized carbons (Fsp3) is 0.545. The van der Waals surface area contributed by atoms with Gasteiger partial charge in [0.05, 0.1) is 11.8 Å². The molecular formula is C22H28N2O3. The molecule has 0 spiro atoms. The van der Waals surface area contributed by atoms with Crippen molar-refractivity contribution in [3.8, 4) is 0 Å². The van der Waals surface area contributed by atoms with E-state index >= 15 is 0 Å². The van der Waals surface area contributed by atoms with Crippen molar-refractivity contribution in [2.75, 3.05) is 32.7 Å². The molecule has 4 rings (SSSR count). The molecule has 1 N–H and O–H groups in total. The largest absolute Gasteiger partial charge is 0.481 e. The molecule has 0 radical (unpaired) electrons. The molecule has 1 aromatic carbocycles. The van der Waals surface area contributed by atoms with Crippen molar-refractivity contribution in [2.24, 2.45) is 23.7 Å². The summed E-state index contributed by atoms with van der Waals surface area (Å²) in [7, 11) is 0. The number of piperazine rings is 1. The van der Waals surface area contributed by atoms with E-state index in [9.17, 15) is 14.7 Å². The number of benzene rings is 1. The van der Waals surface area contributed by atoms with Crippen LogP contribution in [-0.4, -0.2) is 59.5 Å². The lowest BCUT2D eigenvalue weighted by Crippen LogP contribution is -2.52. The first-order valence-electron chi connectivity index (χ1n) is 10.1. The second kappa shape index (κ2) is 7.85. The van der Waals surface area contributed by atoms with Crippen molar-refractivity contribution in [1.82, 2.24) is 9.80 Å². The van der Waals surface area contributed by atoms with Gasteiger partial charge in [-0.3, -0.25) is 14.5 Å². The smallest absolute Gasteiger partial charge is 0.307 e. The molecule has 1 aromatic rings. The van der Waals surface area contributed by atoms with Gasteiger partial charge in [0, 0.05) is 32.7 Å². The van der Waals surface area contributed by atoms with Crippen LogP contribution in [-0.2, 0) is 9.59 Å². The number of fused-ring (bicyclic) bond motifs is 2. The summed E-state index contributed by atoms with van der Waals surface area (Å²) in [5.41, 5.74) is 1.20. The lowest BCUT2D eigenvalue weighted by Gasteiger charge is -2.38. The highest BCUT2D eigenvalue weighted by Crippen LogP contribution is 2.53. The molecule has 27 heavy (non-hydrogen) atoms. The molecule has 4 atom stereocenters. The predicted molar refractivity (Wildman–Crippen MR) is 104 cm³/mol. The summed E-state index contributed by atoms with van der Waals surface area (Å²) in [6, 6.07) is 10.2. The predicted octanol–water partition coefficient (Wildman–Crippen LogP) is 2.59. The zero-order valence-corrected chi connectivity index (χ0v) is 15.7. The second-order valence-electron chi connectivity index (χ2n) is 8.16. The number of rotatable bonds is 5. The van der Waals surface area contributed by atoms with E-state index in [2.05, 4.69) is 29.2 Å². The Balaban J connectivity index is 1.29. The molecule has 1 saturated heterocycles. The van der Waals surface area contributed by atoms with Gasteiger partial charge in [0.1, 0.15) is 0 Å². The zero-order chi connectivity index (χ0) is 18.8. The molecule has 2 aliphatic carbocycles. The van der Waals surface area contributed by atoms with Crippen LogP contribution >= 0.6 is 0 Å². The Morgan fingerprint density at radius 3 is 2.33 bits per heavy atom. The summed E-state index contributed by atoms with van der Waals surface area (Å²) >= 11 is 0. The maximum absolute atomic E-state index is 13.0. The third-order valence-electron chi connectivity index (χ3n) is 6.64. The second-order valence-corrected chi connectivity index (χ2v) is 8.16. The van der Waals surface area contributed by atoms with Crippen LogP contribution < -0.4 is 0 Å². The number of carbonyl (C=O) groups is 2. The van der Waals surface area contributed by atoms with Gasteiger partial charge in [-0.25, -0.2) is 0 Å². The molecule has 5 heteroatoms. The summed E-state index contributed by atoms with van der Waals surface area (Å²) in [6.07, 6.45) is 7.23. The summed E-state index contributed by atoms with van der Waals surface area (Å²) in [4.78, 5) is 29.0. The molecular weight excluding hydrogens is 340 g/mol. The average Bonchev–Trinajstić information content (AvgIpc) is 3.30. The van der Waals surface area contributed by atoms with Crippen LogP contribution in [0.4, 0.5) is 0 Å². The first-order valence-corrected chi connectivity index (χ1v) is 10.1. The number of carboxylic acid groups (broad SMARTS) is 1. The van der Waals surface area contributed by atoms with Crippen molar-refractivity contribution in [3.05, 3.63) is 42.0 Å². The van der Waals surface area contributed by atoms with E-state index in [4.69, 9.17) is 0 Å². The molecule has 1 amide bonds. The summed E-state index contributed by atoms with van der Waals surface area (Å²) in [5.74, 6) is -0.922. The molecule has 1 heterocycles. The number of nitrogens with zero attached hydrogens (tertiary/aromatic N) is 2. The third kappa shape index (κ3) is 3.79. The molecule has 1 aliphatic heterocycles. The van der Waals surface area contributed by atoms with E-state index in [-0.39, 0.29) is 23.7 Å². The van der Waals surface area contributed by atoms with E-state index < -0.39 is 11.9 Å². The monoisotopic (exact) mass is 368 g/mol. The van der Waals surface area contributed by atoms with Crippen LogP contribution in [0.25, 0.3) is 6.08 Å². The van der Waals surface area contributed by atoms with Crippen molar-refractivity contribution < 1.29 is 14.7 Å². The molecule has 144 valence electrons. The van der Waals surface area contributed by atoms with Gasteiger partial charge in [-0.2, -0.15) is 0 Å². The highest BCUT2D eigenvalue weighted by atomic mass is 16.4. The van der Waals surface area contributed by atoms with Gasteiger partial charge in [0.15, 0.2) is 0 Å². The molecule has 2 saturated carbocycles. The SMILES string of the molecule is O=C(O)[C@@H]1[C@@H]2CC[C@@H](C2)[C@@H]1C(=O)N1CCN(C/C=C/c2ccccc2)CC1. The number of hydrogen-bond acceptors (Lipinski definition) is 3. The summed E-state index contributed by atoms with van der Waals surface area (Å²) in [5, 5.41) is 9.60. The van der Waals surface area contributed by atoms with Crippen LogP contribution in [0.15, 0.2) is 36.4 Å². The van der Waals surface area contributed by atoms with E-state index in [0.29, 0.717) is 13.1 Å². The first-order chi connectivity index (χ1) is 13.1. The maximum atomic E-state index is 13.0. The molecule has 3 aliphatic rings. The fourth-order valence-corrected chi connectivity index (χ4v) is 5.27. The number of amides is 1. The van der Waals surface area contributed by atoms with Gasteiger partial charge < -0.3 is 10.0 Å². The normalized spacial score (nSPS) is 30.9. The molecule has 5 nitrogen and oxygen atoms in total. The van der Waals surface area contributed by atoms with E-state index in [1.807, 2.05) is 23.1 Å². The van der Waals surface area contributed by atoms with E-state index in [0.717, 1.165) is 38.9 Å². The Morgan fingerprint density at radius 1 is 1.00 bits per heavy atom. The molecule has 3 fully saturated rings. The number of carboxylic acids is 1. The lowest BCUT2D eigenvalue weighted by atomic mass is 9.78. The zero-order valence-electron chi connectivity index (χ0n) is 15.7. The Hall–Kier alpha value is -2.14. The minimum atomic E-state index is -0.773. The van der Waals surface area contributed by atoms with E-state index in [1.54, 1.807) is 0 Å². The molecule has 0 aromatic heterocycles. The van der Waals surface area contributed by atoms with Crippen molar-refractivity contribution in [3.63, 3.8) is 0 Å². The number of carbonyl (C=O) groups excluding carboxylic acids is 1. The van der Waals surface area contributed by atoms with Crippen molar-refractivity contribution in [2.45, 2.75) is 19.3 Å². The number of aliphatic carboxylic acids is 1. The standard InChI is InChI=1S/C22H28N2O3/c25-21(19-17-8-9-18(15-17)20(19)22(26)27)24-13-11-23(12-14-24)10-4-7-16-5-2-1-3-6-16/h1-7,17-20H,8-15H2,(H,26,27)/b7-4+/t17-,18+,19-,20+/m0/s1. The van der Waals surface area contributed by atoms with Gasteiger partial charge in [-0.05, 0) is 36.7 Å². The first kappa shape index (κ1) is 18.2. The maximum Gasteiger partial charge on any atom is 0.307 e. The lowest BCUT2D eigenvalue weighted by molar-refractivity contribution is -0.153. The summed E-state index contributed by atoms with van der Waals surface area (Å²) < 4.78 is 0. The van der Waals surface area contributed by atoms with Gasteiger partial charge in [-0.1, -0.05) is 42.5 Å². The Kier molecular flexibility index (Phi) is 5.30. The Labute approximate surface area is 160 Å². The van der Waals surface area contributed by atoms with E-state index in [1.165, 1.54) is 5.56 Å². The van der Waals surface area contributed by atoms with Gasteiger partial charge in [0.25, 0.3) is 0 Å². The van der Waals surface area contributed by atoms with Crippen LogP contribution in [0.5, 0.6) is 0 Å². The van der Waals surface area contributed by atoms with Crippen LogP contribution in [0, 0.1) is 23.7 Å². The van der Waals surface area contributed by atoms with Crippen molar-refractivity contribution >= 4 is 18.0 Å². The van der Waals surface area contributed by atoms with Crippen molar-refractivity contribution in [1.29, 1.82) is 0 Å². The third-order valence-corrected chi connectivity index (χ3v) is 6.64. The minimum Gasteiger partial charge on any atom is -0.481 e. The Bertz CT molecular complexity index is 710. The highest BCUT2D eigenvalue weighted by Gasteiger charge is 2.54. The molecule has 2 bridgehead atoms. The van der Waals surface area contributed by atoms with Gasteiger partial charge in [0.2, 0.25) is 5.91 Å². The highest BCUT2D eigenvalue weighted by molar-refractivity contribution is 5.86. The average molecular weight is 368 g/mol. The van der Waals surface area contributed by atoms with Crippen LogP contribution in [0.3, 0.4) is 0 Å². The molecule has 0 unspecified atom stereocenters.